The van der Waals surface area contributed by atoms with Crippen molar-refractivity contribution >= 4 is 65.6 Å². The minimum atomic E-state index is 0.666. The van der Waals surface area contributed by atoms with Crippen molar-refractivity contribution in [1.82, 2.24) is 15.0 Å². The smallest absolute Gasteiger partial charge is 0.160 e. The number of aromatic nitrogens is 3. The Hall–Kier alpha value is -7.89. The molecule has 270 valence electrons. The van der Waals surface area contributed by atoms with Crippen molar-refractivity contribution < 1.29 is 8.83 Å². The first-order chi connectivity index (χ1) is 28.7. The second-order valence-electron chi connectivity index (χ2n) is 14.7. The molecule has 12 aromatic rings. The summed E-state index contributed by atoms with van der Waals surface area (Å²) < 4.78 is 13.3. The first kappa shape index (κ1) is 32.4. The van der Waals surface area contributed by atoms with Crippen LogP contribution in [-0.4, -0.2) is 15.0 Å². The Morgan fingerprint density at radius 3 is 1.79 bits per heavy atom. The van der Waals surface area contributed by atoms with Crippen LogP contribution in [0.2, 0.25) is 0 Å². The molecule has 12 rings (SSSR count). The molecule has 8 aromatic carbocycles. The van der Waals surface area contributed by atoms with Gasteiger partial charge in [-0.2, -0.15) is 0 Å². The van der Waals surface area contributed by atoms with Crippen LogP contribution in [0.3, 0.4) is 0 Å². The molecule has 4 aromatic heterocycles. The van der Waals surface area contributed by atoms with E-state index in [-0.39, 0.29) is 0 Å². The Labute approximate surface area is 332 Å². The zero-order valence-corrected chi connectivity index (χ0v) is 31.1. The van der Waals surface area contributed by atoms with E-state index in [1.54, 1.807) is 0 Å². The van der Waals surface area contributed by atoms with Gasteiger partial charge in [-0.25, -0.2) is 15.0 Å². The molecule has 4 heterocycles. The summed E-state index contributed by atoms with van der Waals surface area (Å²) in [6.45, 7) is 0. The van der Waals surface area contributed by atoms with Gasteiger partial charge in [0.25, 0.3) is 0 Å². The predicted octanol–water partition coefficient (Wildman–Crippen LogP) is 14.3. The maximum absolute atomic E-state index is 7.00. The van der Waals surface area contributed by atoms with Gasteiger partial charge >= 0.3 is 0 Å². The van der Waals surface area contributed by atoms with Crippen LogP contribution in [0.15, 0.2) is 197 Å². The summed E-state index contributed by atoms with van der Waals surface area (Å²) >= 11 is 0. The third-order valence-electron chi connectivity index (χ3n) is 11.3. The topological polar surface area (TPSA) is 65.0 Å². The monoisotopic (exact) mass is 741 g/mol. The fraction of sp³-hybridized carbons (Fsp3) is 0. The van der Waals surface area contributed by atoms with E-state index in [1.165, 1.54) is 0 Å². The molecule has 58 heavy (non-hydrogen) atoms. The SMILES string of the molecule is c1ccc(-c2nc(-c3ccc(-c4cccc5c4oc4c5ccc5c(-c6ccccc6)nc6ccccc6c54)cc3)cc(-c3cccc4oc5ccccc5c34)n2)cc1. The van der Waals surface area contributed by atoms with Gasteiger partial charge in [0, 0.05) is 65.5 Å². The summed E-state index contributed by atoms with van der Waals surface area (Å²) in [5, 5.41) is 7.49. The van der Waals surface area contributed by atoms with Crippen LogP contribution in [0.1, 0.15) is 0 Å². The van der Waals surface area contributed by atoms with E-state index in [4.69, 9.17) is 23.8 Å². The Bertz CT molecular complexity index is 3550. The third kappa shape index (κ3) is 5.07. The standard InChI is InChI=1S/C53H31N3O2/c1-3-13-34(14-4-1)50-42-30-29-38-37-20-11-19-36(51(37)58-52(38)49(42)39-17-7-9-22-43(39)54-50)32-25-27-33(28-26-32)44-31-45(56-53(55-44)35-15-5-2-6-16-35)40-21-12-24-47-48(40)41-18-8-10-23-46(41)57-47/h1-31H. The van der Waals surface area contributed by atoms with Crippen LogP contribution in [0.4, 0.5) is 0 Å². The van der Waals surface area contributed by atoms with Gasteiger partial charge in [-0.05, 0) is 35.9 Å². The number of hydrogen-bond acceptors (Lipinski definition) is 5. The lowest BCUT2D eigenvalue weighted by Gasteiger charge is -2.11. The van der Waals surface area contributed by atoms with Crippen molar-refractivity contribution in [1.29, 1.82) is 0 Å². The lowest BCUT2D eigenvalue weighted by atomic mass is 9.97. The van der Waals surface area contributed by atoms with Crippen LogP contribution >= 0.6 is 0 Å². The van der Waals surface area contributed by atoms with Crippen molar-refractivity contribution in [2.45, 2.75) is 0 Å². The lowest BCUT2D eigenvalue weighted by Crippen LogP contribution is -1.96. The normalized spacial score (nSPS) is 11.8. The van der Waals surface area contributed by atoms with Gasteiger partial charge in [0.1, 0.15) is 22.3 Å². The Kier molecular flexibility index (Phi) is 7.16. The zero-order chi connectivity index (χ0) is 38.2. The van der Waals surface area contributed by atoms with E-state index in [1.807, 2.05) is 60.7 Å². The number of hydrogen-bond donors (Lipinski definition) is 0. The first-order valence-electron chi connectivity index (χ1n) is 19.4. The van der Waals surface area contributed by atoms with Crippen molar-refractivity contribution in [3.8, 4) is 56.3 Å². The summed E-state index contributed by atoms with van der Waals surface area (Å²) in [7, 11) is 0. The van der Waals surface area contributed by atoms with E-state index in [0.717, 1.165) is 116 Å². The highest BCUT2D eigenvalue weighted by Gasteiger charge is 2.20. The number of rotatable bonds is 5. The fourth-order valence-electron chi connectivity index (χ4n) is 8.59. The molecule has 0 saturated carbocycles. The van der Waals surface area contributed by atoms with Gasteiger partial charge in [-0.15, -0.1) is 0 Å². The summed E-state index contributed by atoms with van der Waals surface area (Å²) in [6.07, 6.45) is 0. The van der Waals surface area contributed by atoms with Crippen LogP contribution < -0.4 is 0 Å². The van der Waals surface area contributed by atoms with Gasteiger partial charge in [-0.1, -0.05) is 158 Å². The maximum atomic E-state index is 7.00. The van der Waals surface area contributed by atoms with Crippen LogP contribution in [0, 0.1) is 0 Å². The molecule has 0 fully saturated rings. The van der Waals surface area contributed by atoms with Crippen LogP contribution in [0.25, 0.3) is 122 Å². The average molecular weight is 742 g/mol. The second-order valence-corrected chi connectivity index (χ2v) is 14.7. The summed E-state index contributed by atoms with van der Waals surface area (Å²) in [5.74, 6) is 0.666. The Balaban J connectivity index is 1.01. The minimum Gasteiger partial charge on any atom is -0.456 e. The zero-order valence-electron chi connectivity index (χ0n) is 31.1. The quantitative estimate of drug-likeness (QED) is 0.164. The van der Waals surface area contributed by atoms with E-state index < -0.39 is 0 Å². The molecular weight excluding hydrogens is 711 g/mol. The Morgan fingerprint density at radius 2 is 0.948 bits per heavy atom. The molecule has 0 N–H and O–H groups in total. The molecular formula is C53H31N3O2. The van der Waals surface area contributed by atoms with E-state index in [9.17, 15) is 0 Å². The average Bonchev–Trinajstić information content (AvgIpc) is 3.88. The van der Waals surface area contributed by atoms with Crippen LogP contribution in [0.5, 0.6) is 0 Å². The molecule has 0 bridgehead atoms. The number of furan rings is 2. The molecule has 0 spiro atoms. The second kappa shape index (κ2) is 12.8. The minimum absolute atomic E-state index is 0.666. The van der Waals surface area contributed by atoms with Crippen molar-refractivity contribution in [3.63, 3.8) is 0 Å². The molecule has 0 aliphatic carbocycles. The molecule has 0 saturated heterocycles. The maximum Gasteiger partial charge on any atom is 0.160 e. The number of benzene rings is 8. The van der Waals surface area contributed by atoms with Gasteiger partial charge in [0.2, 0.25) is 0 Å². The molecule has 0 atom stereocenters. The van der Waals surface area contributed by atoms with E-state index in [2.05, 4.69) is 127 Å². The third-order valence-corrected chi connectivity index (χ3v) is 11.3. The van der Waals surface area contributed by atoms with Gasteiger partial charge in [-0.3, -0.25) is 0 Å². The van der Waals surface area contributed by atoms with Crippen molar-refractivity contribution in [2.75, 3.05) is 0 Å². The summed E-state index contributed by atoms with van der Waals surface area (Å²) in [5.41, 5.74) is 13.1. The van der Waals surface area contributed by atoms with Crippen LogP contribution in [-0.2, 0) is 0 Å². The molecule has 0 aliphatic heterocycles. The highest BCUT2D eigenvalue weighted by atomic mass is 16.3. The lowest BCUT2D eigenvalue weighted by molar-refractivity contribution is 0.669. The summed E-state index contributed by atoms with van der Waals surface area (Å²) in [6, 6.07) is 64.7. The number of nitrogens with zero attached hydrogens (tertiary/aromatic N) is 3. The van der Waals surface area contributed by atoms with Crippen molar-refractivity contribution in [2.24, 2.45) is 0 Å². The highest BCUT2D eigenvalue weighted by Crippen LogP contribution is 2.43. The highest BCUT2D eigenvalue weighted by molar-refractivity contribution is 6.25. The molecule has 0 amide bonds. The van der Waals surface area contributed by atoms with Gasteiger partial charge < -0.3 is 8.83 Å². The van der Waals surface area contributed by atoms with Crippen molar-refractivity contribution in [3.05, 3.63) is 188 Å². The number of pyridine rings is 1. The largest absolute Gasteiger partial charge is 0.456 e. The van der Waals surface area contributed by atoms with E-state index >= 15 is 0 Å². The number of fused-ring (bicyclic) bond motifs is 10. The molecule has 5 heteroatoms. The predicted molar refractivity (Wildman–Crippen MR) is 237 cm³/mol. The first-order valence-corrected chi connectivity index (χ1v) is 19.4. The fourth-order valence-corrected chi connectivity index (χ4v) is 8.59. The van der Waals surface area contributed by atoms with E-state index in [0.29, 0.717) is 5.82 Å². The van der Waals surface area contributed by atoms with Gasteiger partial charge in [0.15, 0.2) is 5.82 Å². The molecule has 0 unspecified atom stereocenters. The molecule has 5 nitrogen and oxygen atoms in total. The molecule has 0 radical (unpaired) electrons. The molecule has 0 aliphatic rings. The number of para-hydroxylation sites is 3. The van der Waals surface area contributed by atoms with Gasteiger partial charge in [0.05, 0.1) is 22.6 Å². The Morgan fingerprint density at radius 1 is 0.328 bits per heavy atom. The summed E-state index contributed by atoms with van der Waals surface area (Å²) in [4.78, 5) is 15.4.